The van der Waals surface area contributed by atoms with Gasteiger partial charge in [0.05, 0.1) is 44.8 Å². The lowest BCUT2D eigenvalue weighted by molar-refractivity contribution is 0.631. The van der Waals surface area contributed by atoms with Crippen molar-refractivity contribution in [2.24, 2.45) is 0 Å². The van der Waals surface area contributed by atoms with Crippen LogP contribution in [0.15, 0.2) is 267 Å². The molecule has 0 saturated carbocycles. The Morgan fingerprint density at radius 3 is 0.902 bits per heavy atom. The molecule has 2 aromatic heterocycles. The maximum absolute atomic E-state index is 2.58. The SMILES string of the molecule is CC1(C)c2ccccc2N(c2ccccc2)c2cc3c(cc21)-c1ccc(-n2c4ccccc4c4ccccc42)cc1-c1cc(-n2c4ccccc4c4ccccc42)ccc1-c1cc2c(cc1-3)N(c1ccccc1)c1ccccc1C2(C)C. The molecule has 0 N–H and O–H groups in total. The zero-order chi connectivity index (χ0) is 54.6. The summed E-state index contributed by atoms with van der Waals surface area (Å²) in [6.07, 6.45) is 0. The van der Waals surface area contributed by atoms with E-state index in [0.717, 1.165) is 22.7 Å². The van der Waals surface area contributed by atoms with Gasteiger partial charge in [-0.2, -0.15) is 0 Å². The third kappa shape index (κ3) is 6.49. The molecule has 0 fully saturated rings. The number of aromatic nitrogens is 2. The second kappa shape index (κ2) is 17.2. The van der Waals surface area contributed by atoms with E-state index in [2.05, 4.69) is 314 Å². The van der Waals surface area contributed by atoms with Crippen LogP contribution in [0.3, 0.4) is 0 Å². The maximum Gasteiger partial charge on any atom is 0.0541 e. The number of anilines is 6. The van der Waals surface area contributed by atoms with Crippen LogP contribution >= 0.6 is 0 Å². The lowest BCUT2D eigenvalue weighted by Crippen LogP contribution is -2.31. The highest BCUT2D eigenvalue weighted by Crippen LogP contribution is 2.60. The minimum absolute atomic E-state index is 0.351. The van der Waals surface area contributed by atoms with E-state index < -0.39 is 0 Å². The second-order valence-corrected chi connectivity index (χ2v) is 23.7. The fraction of sp³-hybridized carbons (Fsp3) is 0.0769. The lowest BCUT2D eigenvalue weighted by atomic mass is 9.69. The van der Waals surface area contributed by atoms with Gasteiger partial charge in [0, 0.05) is 55.1 Å². The van der Waals surface area contributed by atoms with Crippen LogP contribution in [0.5, 0.6) is 0 Å². The third-order valence-corrected chi connectivity index (χ3v) is 18.6. The Morgan fingerprint density at radius 2 is 0.524 bits per heavy atom. The molecule has 0 bridgehead atoms. The van der Waals surface area contributed by atoms with Crippen LogP contribution in [0, 0.1) is 0 Å². The molecular formula is C78H56N4. The second-order valence-electron chi connectivity index (χ2n) is 23.7. The van der Waals surface area contributed by atoms with Crippen LogP contribution in [-0.4, -0.2) is 9.13 Å². The Labute approximate surface area is 477 Å². The van der Waals surface area contributed by atoms with E-state index in [9.17, 15) is 0 Å². The number of rotatable bonds is 4. The standard InChI is InChI=1S/C78H56N4/c1-77(2)65-31-15-21-37-73(65)79(49-23-7-5-8-24-49)75-47-63-61(45-67(75)77)53-41-39-51(81-69-33-17-11-27-55(69)56-28-12-18-34-70(56)81)43-59(53)60-44-52(82-71-35-19-13-29-57(71)58-30-14-20-36-72(58)82)40-42-54(60)62-46-68-76(48-64(62)63)80(50-25-9-6-10-26-50)74-38-22-16-32-66(74)78(68,3)4/h5-48H,1-4H3. The molecule has 82 heavy (non-hydrogen) atoms. The van der Waals surface area contributed by atoms with Crippen molar-refractivity contribution in [1.82, 2.24) is 9.13 Å². The summed E-state index contributed by atoms with van der Waals surface area (Å²) in [7, 11) is 0. The molecule has 0 spiro atoms. The molecule has 3 aliphatic rings. The van der Waals surface area contributed by atoms with Gasteiger partial charge in [-0.25, -0.2) is 0 Å². The Kier molecular flexibility index (Phi) is 9.79. The van der Waals surface area contributed by atoms with Gasteiger partial charge in [0.2, 0.25) is 0 Å². The Hall–Kier alpha value is -10.2. The van der Waals surface area contributed by atoms with Gasteiger partial charge < -0.3 is 18.9 Å². The molecule has 0 amide bonds. The lowest BCUT2D eigenvalue weighted by Gasteiger charge is -2.44. The van der Waals surface area contributed by atoms with Crippen LogP contribution in [0.1, 0.15) is 49.9 Å². The molecule has 0 unspecified atom stereocenters. The van der Waals surface area contributed by atoms with Crippen molar-refractivity contribution < 1.29 is 0 Å². The van der Waals surface area contributed by atoms with Crippen LogP contribution in [0.2, 0.25) is 0 Å². The van der Waals surface area contributed by atoms with Gasteiger partial charge in [-0.1, -0.05) is 185 Å². The van der Waals surface area contributed by atoms with Gasteiger partial charge in [0.25, 0.3) is 0 Å². The van der Waals surface area contributed by atoms with Gasteiger partial charge in [0.1, 0.15) is 0 Å². The predicted octanol–water partition coefficient (Wildman–Crippen LogP) is 21.1. The highest BCUT2D eigenvalue weighted by molar-refractivity contribution is 6.12. The monoisotopic (exact) mass is 1050 g/mol. The molecular weight excluding hydrogens is 993 g/mol. The Balaban J connectivity index is 1.04. The van der Waals surface area contributed by atoms with E-state index in [4.69, 9.17) is 0 Å². The summed E-state index contributed by atoms with van der Waals surface area (Å²) in [4.78, 5) is 5.03. The molecule has 0 atom stereocenters. The number of fused-ring (bicyclic) bond motifs is 18. The van der Waals surface area contributed by atoms with Crippen molar-refractivity contribution in [2.45, 2.75) is 38.5 Å². The fourth-order valence-electron chi connectivity index (χ4n) is 14.8. The molecule has 4 heterocycles. The minimum Gasteiger partial charge on any atom is -0.310 e. The molecule has 14 aromatic rings. The third-order valence-electron chi connectivity index (χ3n) is 18.6. The molecule has 4 nitrogen and oxygen atoms in total. The van der Waals surface area contributed by atoms with Crippen molar-refractivity contribution in [1.29, 1.82) is 0 Å². The molecule has 12 aromatic carbocycles. The molecule has 2 aliphatic heterocycles. The average Bonchev–Trinajstić information content (AvgIpc) is 3.12. The topological polar surface area (TPSA) is 16.3 Å². The number of benzene rings is 12. The zero-order valence-corrected chi connectivity index (χ0v) is 46.2. The summed E-state index contributed by atoms with van der Waals surface area (Å²) in [5, 5.41) is 4.98. The molecule has 0 saturated heterocycles. The number of hydrogen-bond donors (Lipinski definition) is 0. The van der Waals surface area contributed by atoms with Crippen molar-refractivity contribution >= 4 is 77.7 Å². The highest BCUT2D eigenvalue weighted by Gasteiger charge is 2.41. The molecule has 1 aliphatic carbocycles. The summed E-state index contributed by atoms with van der Waals surface area (Å²) >= 11 is 0. The van der Waals surface area contributed by atoms with Crippen molar-refractivity contribution in [3.8, 4) is 55.9 Å². The molecule has 17 rings (SSSR count). The molecule has 4 heteroatoms. The summed E-state index contributed by atoms with van der Waals surface area (Å²) in [6.45, 7) is 9.68. The number of hydrogen-bond acceptors (Lipinski definition) is 2. The average molecular weight is 1050 g/mol. The van der Waals surface area contributed by atoms with Gasteiger partial charge >= 0.3 is 0 Å². The summed E-state index contributed by atoms with van der Waals surface area (Å²) < 4.78 is 4.96. The first kappa shape index (κ1) is 46.7. The predicted molar refractivity (Wildman–Crippen MR) is 344 cm³/mol. The minimum atomic E-state index is -0.351. The van der Waals surface area contributed by atoms with E-state index in [1.165, 1.54) is 133 Å². The van der Waals surface area contributed by atoms with Gasteiger partial charge in [-0.05, 0) is 176 Å². The highest BCUT2D eigenvalue weighted by atomic mass is 15.2. The largest absolute Gasteiger partial charge is 0.310 e. The van der Waals surface area contributed by atoms with Crippen molar-refractivity contribution in [3.05, 3.63) is 289 Å². The van der Waals surface area contributed by atoms with Crippen molar-refractivity contribution in [3.63, 3.8) is 0 Å². The summed E-state index contributed by atoms with van der Waals surface area (Å²) in [5.41, 5.74) is 28.1. The Bertz CT molecular complexity index is 4570. The van der Waals surface area contributed by atoms with Crippen molar-refractivity contribution in [2.75, 3.05) is 9.80 Å². The summed E-state index contributed by atoms with van der Waals surface area (Å²) in [6, 6.07) is 100. The van der Waals surface area contributed by atoms with E-state index in [-0.39, 0.29) is 10.8 Å². The zero-order valence-electron chi connectivity index (χ0n) is 46.2. The van der Waals surface area contributed by atoms with Crippen LogP contribution in [-0.2, 0) is 10.8 Å². The fourth-order valence-corrected chi connectivity index (χ4v) is 14.8. The van der Waals surface area contributed by atoms with E-state index in [1.807, 2.05) is 0 Å². The first-order valence-corrected chi connectivity index (χ1v) is 28.8. The van der Waals surface area contributed by atoms with Crippen LogP contribution < -0.4 is 9.80 Å². The van der Waals surface area contributed by atoms with E-state index >= 15 is 0 Å². The van der Waals surface area contributed by atoms with Gasteiger partial charge in [-0.15, -0.1) is 0 Å². The molecule has 0 radical (unpaired) electrons. The first-order chi connectivity index (χ1) is 40.2. The normalized spacial score (nSPS) is 14.2. The van der Waals surface area contributed by atoms with E-state index in [0.29, 0.717) is 0 Å². The number of para-hydroxylation sites is 8. The van der Waals surface area contributed by atoms with E-state index in [1.54, 1.807) is 0 Å². The Morgan fingerprint density at radius 1 is 0.220 bits per heavy atom. The van der Waals surface area contributed by atoms with Crippen LogP contribution in [0.4, 0.5) is 34.1 Å². The maximum atomic E-state index is 2.58. The first-order valence-electron chi connectivity index (χ1n) is 28.8. The van der Waals surface area contributed by atoms with Gasteiger partial charge in [0.15, 0.2) is 0 Å². The van der Waals surface area contributed by atoms with Crippen LogP contribution in [0.25, 0.3) is 99.5 Å². The van der Waals surface area contributed by atoms with Gasteiger partial charge in [-0.3, -0.25) is 0 Å². The number of nitrogens with zero attached hydrogens (tertiary/aromatic N) is 4. The smallest absolute Gasteiger partial charge is 0.0541 e. The quantitative estimate of drug-likeness (QED) is 0.175. The molecule has 388 valence electrons. The summed E-state index contributed by atoms with van der Waals surface area (Å²) in [5.74, 6) is 0.